The van der Waals surface area contributed by atoms with Crippen molar-refractivity contribution in [2.45, 2.75) is 45.6 Å². The van der Waals surface area contributed by atoms with Crippen LogP contribution < -0.4 is 0 Å². The molecule has 4 fully saturated rings. The van der Waals surface area contributed by atoms with E-state index in [2.05, 4.69) is 19.8 Å². The Labute approximate surface area is 160 Å². The number of amides is 1. The van der Waals surface area contributed by atoms with Gasteiger partial charge in [-0.2, -0.15) is 0 Å². The van der Waals surface area contributed by atoms with Crippen LogP contribution in [-0.2, 0) is 0 Å². The molecule has 2 bridgehead atoms. The Balaban J connectivity index is 1.38. The molecule has 6 rings (SSSR count). The van der Waals surface area contributed by atoms with Gasteiger partial charge in [-0.15, -0.1) is 0 Å². The Morgan fingerprint density at radius 1 is 1.00 bits per heavy atom. The maximum absolute atomic E-state index is 13.3. The van der Waals surface area contributed by atoms with Crippen molar-refractivity contribution in [1.29, 1.82) is 0 Å². The van der Waals surface area contributed by atoms with Crippen molar-refractivity contribution in [2.24, 2.45) is 11.8 Å². The summed E-state index contributed by atoms with van der Waals surface area (Å²) in [6.45, 7) is 8.13. The molecule has 0 unspecified atom stereocenters. The van der Waals surface area contributed by atoms with E-state index < -0.39 is 0 Å². The van der Waals surface area contributed by atoms with Crippen LogP contribution in [0.5, 0.6) is 0 Å². The van der Waals surface area contributed by atoms with Gasteiger partial charge in [0.1, 0.15) is 0 Å². The van der Waals surface area contributed by atoms with E-state index in [1.807, 2.05) is 32.0 Å². The van der Waals surface area contributed by atoms with Crippen molar-refractivity contribution in [3.63, 3.8) is 0 Å². The lowest BCUT2D eigenvalue weighted by atomic mass is 9.95. The molecule has 2 aromatic rings. The van der Waals surface area contributed by atoms with E-state index in [0.29, 0.717) is 12.0 Å². The van der Waals surface area contributed by atoms with E-state index in [0.717, 1.165) is 47.0 Å². The molecule has 4 aliphatic rings. The standard InChI is InChI=1S/C22H28N4O/c1-14-15(2)24-21-9-18(6-8-20(21)23-14)22(27)26-12-17-5-7-19(13-26)25(11-17)10-16-3-4-16/h6,8-9,16-17,19H,3-5,7,10-13H2,1-2H3/t17-,19-/m1/s1. The van der Waals surface area contributed by atoms with E-state index in [9.17, 15) is 4.79 Å². The Morgan fingerprint density at radius 3 is 2.56 bits per heavy atom. The van der Waals surface area contributed by atoms with Gasteiger partial charge in [-0.3, -0.25) is 9.69 Å². The molecule has 4 heterocycles. The van der Waals surface area contributed by atoms with Crippen molar-refractivity contribution in [3.8, 4) is 0 Å². The summed E-state index contributed by atoms with van der Waals surface area (Å²) in [7, 11) is 0. The fourth-order valence-corrected chi connectivity index (χ4v) is 4.75. The van der Waals surface area contributed by atoms with Gasteiger partial charge in [0.2, 0.25) is 0 Å². The van der Waals surface area contributed by atoms with Crippen LogP contribution in [0.25, 0.3) is 11.0 Å². The number of hydrogen-bond acceptors (Lipinski definition) is 4. The van der Waals surface area contributed by atoms with Crippen molar-refractivity contribution in [1.82, 2.24) is 19.8 Å². The predicted octanol–water partition coefficient (Wildman–Crippen LogP) is 3.19. The smallest absolute Gasteiger partial charge is 0.253 e. The number of rotatable bonds is 3. The van der Waals surface area contributed by atoms with Crippen LogP contribution in [-0.4, -0.2) is 57.9 Å². The second-order valence-corrected chi connectivity index (χ2v) is 8.80. The molecule has 1 aromatic carbocycles. The highest BCUT2D eigenvalue weighted by Crippen LogP contribution is 2.35. The fourth-order valence-electron chi connectivity index (χ4n) is 4.75. The Kier molecular flexibility index (Phi) is 4.15. The first-order valence-corrected chi connectivity index (χ1v) is 10.3. The highest BCUT2D eigenvalue weighted by Gasteiger charge is 2.38. The lowest BCUT2D eigenvalue weighted by Crippen LogP contribution is -2.45. The van der Waals surface area contributed by atoms with Crippen molar-refractivity contribution in [2.75, 3.05) is 26.2 Å². The number of fused-ring (bicyclic) bond motifs is 5. The van der Waals surface area contributed by atoms with E-state index >= 15 is 0 Å². The topological polar surface area (TPSA) is 49.3 Å². The predicted molar refractivity (Wildman–Crippen MR) is 106 cm³/mol. The molecule has 5 nitrogen and oxygen atoms in total. The van der Waals surface area contributed by atoms with Crippen LogP contribution >= 0.6 is 0 Å². The zero-order valence-corrected chi connectivity index (χ0v) is 16.3. The third kappa shape index (κ3) is 3.33. The summed E-state index contributed by atoms with van der Waals surface area (Å²) in [6, 6.07) is 6.32. The van der Waals surface area contributed by atoms with Gasteiger partial charge in [-0.1, -0.05) is 0 Å². The molecular weight excluding hydrogens is 336 g/mol. The summed E-state index contributed by atoms with van der Waals surface area (Å²) in [5.41, 5.74) is 4.30. The summed E-state index contributed by atoms with van der Waals surface area (Å²) in [4.78, 5) is 27.3. The van der Waals surface area contributed by atoms with Gasteiger partial charge in [0.25, 0.3) is 5.91 Å². The molecule has 1 aromatic heterocycles. The van der Waals surface area contributed by atoms with Crippen molar-refractivity contribution < 1.29 is 4.79 Å². The number of hydrogen-bond donors (Lipinski definition) is 0. The van der Waals surface area contributed by atoms with E-state index in [1.54, 1.807) is 0 Å². The summed E-state index contributed by atoms with van der Waals surface area (Å²) in [5.74, 6) is 1.69. The molecule has 3 aliphatic heterocycles. The average molecular weight is 364 g/mol. The number of piperidine rings is 1. The summed E-state index contributed by atoms with van der Waals surface area (Å²) >= 11 is 0. The van der Waals surface area contributed by atoms with Gasteiger partial charge < -0.3 is 4.90 Å². The number of carbonyl (C=O) groups is 1. The second-order valence-electron chi connectivity index (χ2n) is 8.80. The first kappa shape index (κ1) is 17.1. The third-order valence-electron chi connectivity index (χ3n) is 6.63. The molecule has 1 saturated carbocycles. The number of carbonyl (C=O) groups excluding carboxylic acids is 1. The van der Waals surface area contributed by atoms with Crippen LogP contribution in [0.1, 0.15) is 47.4 Å². The molecule has 142 valence electrons. The fraction of sp³-hybridized carbons (Fsp3) is 0.591. The van der Waals surface area contributed by atoms with Gasteiger partial charge in [-0.25, -0.2) is 9.97 Å². The molecule has 5 heteroatoms. The highest BCUT2D eigenvalue weighted by atomic mass is 16.2. The van der Waals surface area contributed by atoms with Crippen LogP contribution in [0, 0.1) is 25.7 Å². The minimum atomic E-state index is 0.155. The number of aryl methyl sites for hydroxylation is 2. The molecule has 0 spiro atoms. The maximum atomic E-state index is 13.3. The zero-order valence-electron chi connectivity index (χ0n) is 16.3. The van der Waals surface area contributed by atoms with Crippen LogP contribution in [0.4, 0.5) is 0 Å². The van der Waals surface area contributed by atoms with E-state index in [-0.39, 0.29) is 5.91 Å². The van der Waals surface area contributed by atoms with Gasteiger partial charge in [0.15, 0.2) is 0 Å². The molecule has 27 heavy (non-hydrogen) atoms. The van der Waals surface area contributed by atoms with Gasteiger partial charge in [0, 0.05) is 37.8 Å². The van der Waals surface area contributed by atoms with Crippen LogP contribution in [0.3, 0.4) is 0 Å². The number of nitrogens with zero attached hydrogens (tertiary/aromatic N) is 4. The summed E-state index contributed by atoms with van der Waals surface area (Å²) in [6.07, 6.45) is 5.29. The normalized spacial score (nSPS) is 25.8. The van der Waals surface area contributed by atoms with Gasteiger partial charge in [0.05, 0.1) is 22.4 Å². The maximum Gasteiger partial charge on any atom is 0.253 e. The first-order chi connectivity index (χ1) is 13.1. The lowest BCUT2D eigenvalue weighted by Gasteiger charge is -2.36. The van der Waals surface area contributed by atoms with Crippen molar-refractivity contribution in [3.05, 3.63) is 35.2 Å². The van der Waals surface area contributed by atoms with Crippen molar-refractivity contribution >= 4 is 16.9 Å². The molecule has 1 aliphatic carbocycles. The monoisotopic (exact) mass is 364 g/mol. The first-order valence-electron chi connectivity index (χ1n) is 10.3. The highest BCUT2D eigenvalue weighted by molar-refractivity contribution is 5.97. The Hall–Kier alpha value is -2.01. The molecule has 3 saturated heterocycles. The van der Waals surface area contributed by atoms with Gasteiger partial charge in [-0.05, 0) is 69.6 Å². The molecule has 2 atom stereocenters. The third-order valence-corrected chi connectivity index (χ3v) is 6.63. The minimum Gasteiger partial charge on any atom is -0.337 e. The Bertz CT molecular complexity index is 891. The largest absolute Gasteiger partial charge is 0.337 e. The van der Waals surface area contributed by atoms with E-state index in [1.165, 1.54) is 38.8 Å². The number of benzene rings is 1. The Morgan fingerprint density at radius 2 is 1.78 bits per heavy atom. The summed E-state index contributed by atoms with van der Waals surface area (Å²) in [5, 5.41) is 0. The second kappa shape index (κ2) is 6.55. The quantitative estimate of drug-likeness (QED) is 0.839. The average Bonchev–Trinajstić information content (AvgIpc) is 3.49. The molecule has 0 radical (unpaired) electrons. The minimum absolute atomic E-state index is 0.155. The lowest BCUT2D eigenvalue weighted by molar-refractivity contribution is 0.0737. The van der Waals surface area contributed by atoms with Crippen LogP contribution in [0.15, 0.2) is 18.2 Å². The van der Waals surface area contributed by atoms with Gasteiger partial charge >= 0.3 is 0 Å². The number of aromatic nitrogens is 2. The zero-order chi connectivity index (χ0) is 18.5. The molecule has 0 N–H and O–H groups in total. The summed E-state index contributed by atoms with van der Waals surface area (Å²) < 4.78 is 0. The van der Waals surface area contributed by atoms with E-state index in [4.69, 9.17) is 0 Å². The molecule has 1 amide bonds. The SMILES string of the molecule is Cc1nc2ccc(C(=O)N3C[C@@H]4CC[C@H](C3)N(CC3CC3)C4)cc2nc1C. The molecular formula is C22H28N4O. The van der Waals surface area contributed by atoms with Crippen LogP contribution in [0.2, 0.25) is 0 Å².